The van der Waals surface area contributed by atoms with Gasteiger partial charge in [0.2, 0.25) is 0 Å². The number of hydrogen-bond donors (Lipinski definition) is 0. The molecule has 0 saturated heterocycles. The highest BCUT2D eigenvalue weighted by molar-refractivity contribution is 3.23. The van der Waals surface area contributed by atoms with E-state index in [9.17, 15) is 8.78 Å². The fourth-order valence-electron chi connectivity index (χ4n) is 0. The predicted octanol–water partition coefficient (Wildman–Crippen LogP) is 1.81. The van der Waals surface area contributed by atoms with Crippen LogP contribution < -0.4 is 0 Å². The van der Waals surface area contributed by atoms with Crippen LogP contribution in [0.4, 0.5) is 8.78 Å². The van der Waals surface area contributed by atoms with E-state index < -0.39 is 0 Å². The number of rotatable bonds is 0. The standard InChI is InChI=1S/2CH3F.CH4/c2*1-2;/h2*1H3;1H4. The molecule has 0 aromatic rings. The number of alkyl halides is 2. The van der Waals surface area contributed by atoms with Crippen molar-refractivity contribution in [2.45, 2.75) is 7.43 Å². The zero-order chi connectivity index (χ0) is 4.00. The predicted molar refractivity (Wildman–Crippen MR) is 20.8 cm³/mol. The Kier molecular flexibility index (Phi) is 6740. The molecule has 0 radical (unpaired) electrons. The highest BCUT2D eigenvalue weighted by atomic mass is 19.1. The van der Waals surface area contributed by atoms with E-state index >= 15 is 0 Å². The molecule has 0 aliphatic carbocycles. The molecule has 0 aliphatic heterocycles. The number of halogens is 2. The Balaban J connectivity index is -0.0000000133. The molecule has 0 nitrogen and oxygen atoms in total. The van der Waals surface area contributed by atoms with Gasteiger partial charge >= 0.3 is 0 Å². The molecule has 5 heavy (non-hydrogen) atoms. The highest BCUT2D eigenvalue weighted by Gasteiger charge is 0.928. The second-order valence-electron chi connectivity index (χ2n) is 0. The monoisotopic (exact) mass is 84.1 g/mol. The summed E-state index contributed by atoms with van der Waals surface area (Å²) >= 11 is 0. The summed E-state index contributed by atoms with van der Waals surface area (Å²) in [5.41, 5.74) is 0. The molecule has 0 spiro atoms. The van der Waals surface area contributed by atoms with Gasteiger partial charge in [0, 0.05) is 0 Å². The molecule has 0 aromatic heterocycles. The van der Waals surface area contributed by atoms with Crippen molar-refractivity contribution >= 4 is 0 Å². The average molecular weight is 84.1 g/mol. The van der Waals surface area contributed by atoms with E-state index in [2.05, 4.69) is 0 Å². The summed E-state index contributed by atoms with van der Waals surface area (Å²) in [6.45, 7) is 0. The molecule has 0 amide bonds. The van der Waals surface area contributed by atoms with Crippen molar-refractivity contribution in [2.75, 3.05) is 14.4 Å². The Hall–Kier alpha value is -0.140. The molecule has 0 N–H and O–H groups in total. The first-order valence-corrected chi connectivity index (χ1v) is 0.756. The zero-order valence-corrected chi connectivity index (χ0v) is 2.76. The fourth-order valence-corrected chi connectivity index (χ4v) is 0. The van der Waals surface area contributed by atoms with Crippen LogP contribution in [0.5, 0.6) is 0 Å². The summed E-state index contributed by atoms with van der Waals surface area (Å²) in [7, 11) is 1.00. The molecule has 0 bridgehead atoms. The lowest BCUT2D eigenvalue weighted by atomic mass is 11.9. The quantitative estimate of drug-likeness (QED) is 0.420. The van der Waals surface area contributed by atoms with Crippen molar-refractivity contribution in [3.05, 3.63) is 0 Å². The lowest BCUT2D eigenvalue weighted by molar-refractivity contribution is 0.635. The van der Waals surface area contributed by atoms with Crippen molar-refractivity contribution in [3.63, 3.8) is 0 Å². The van der Waals surface area contributed by atoms with Crippen LogP contribution in [0.25, 0.3) is 0 Å². The molecule has 0 aromatic carbocycles. The van der Waals surface area contributed by atoms with Crippen molar-refractivity contribution < 1.29 is 8.78 Å². The number of hydrogen-bond acceptors (Lipinski definition) is 0. The van der Waals surface area contributed by atoms with Gasteiger partial charge in [-0.15, -0.1) is 0 Å². The third-order valence-corrected chi connectivity index (χ3v) is 0. The minimum atomic E-state index is 0. The third kappa shape index (κ3) is 681. The minimum absolute atomic E-state index is 0. The summed E-state index contributed by atoms with van der Waals surface area (Å²) in [4.78, 5) is 0. The normalized spacial score (nSPS) is 2.40. The van der Waals surface area contributed by atoms with Gasteiger partial charge in [-0.2, -0.15) is 0 Å². The Bertz CT molecular complexity index is 4.85. The van der Waals surface area contributed by atoms with E-state index in [1.54, 1.807) is 0 Å². The molecule has 0 saturated carbocycles. The maximum absolute atomic E-state index is 9.50. The molecule has 36 valence electrons. The van der Waals surface area contributed by atoms with Crippen molar-refractivity contribution in [2.24, 2.45) is 0 Å². The van der Waals surface area contributed by atoms with Crippen LogP contribution in [0, 0.1) is 0 Å². The fraction of sp³-hybridized carbons (Fsp3) is 1.00. The van der Waals surface area contributed by atoms with E-state index in [1.807, 2.05) is 0 Å². The van der Waals surface area contributed by atoms with Crippen molar-refractivity contribution in [1.29, 1.82) is 0 Å². The van der Waals surface area contributed by atoms with Gasteiger partial charge in [-0.05, 0) is 0 Å². The van der Waals surface area contributed by atoms with Crippen LogP contribution in [0.1, 0.15) is 7.43 Å². The Labute approximate surface area is 31.8 Å². The zero-order valence-electron chi connectivity index (χ0n) is 2.76. The second kappa shape index (κ2) is 1610. The summed E-state index contributed by atoms with van der Waals surface area (Å²) < 4.78 is 19.0. The molecule has 0 heterocycles. The van der Waals surface area contributed by atoms with E-state index in [0.717, 1.165) is 0 Å². The van der Waals surface area contributed by atoms with Crippen LogP contribution in [-0.4, -0.2) is 14.4 Å². The summed E-state index contributed by atoms with van der Waals surface area (Å²) in [5.74, 6) is 0. The average Bonchev–Trinajstić information content (AvgIpc) is 1.50. The van der Waals surface area contributed by atoms with Crippen LogP contribution in [0.15, 0.2) is 0 Å². The lowest BCUT2D eigenvalue weighted by Crippen LogP contribution is -0.939. The van der Waals surface area contributed by atoms with Gasteiger partial charge in [0.05, 0.1) is 14.4 Å². The SMILES string of the molecule is C.CF.CF. The summed E-state index contributed by atoms with van der Waals surface area (Å²) in [6, 6.07) is 0. The van der Waals surface area contributed by atoms with E-state index in [0.29, 0.717) is 14.4 Å². The lowest BCUT2D eigenvalue weighted by Gasteiger charge is -1.10. The first-order chi connectivity index (χ1) is 2.00. The van der Waals surface area contributed by atoms with Gasteiger partial charge in [-0.1, -0.05) is 7.43 Å². The highest BCUT2D eigenvalue weighted by Crippen LogP contribution is 1.16. The van der Waals surface area contributed by atoms with Gasteiger partial charge in [0.15, 0.2) is 0 Å². The van der Waals surface area contributed by atoms with Gasteiger partial charge in [-0.3, -0.25) is 8.78 Å². The Morgan fingerprint density at radius 2 is 0.800 bits per heavy atom. The third-order valence-electron chi connectivity index (χ3n) is 0. The van der Waals surface area contributed by atoms with Crippen LogP contribution in [0.3, 0.4) is 0 Å². The molecule has 0 fully saturated rings. The van der Waals surface area contributed by atoms with E-state index in [4.69, 9.17) is 0 Å². The van der Waals surface area contributed by atoms with Crippen LogP contribution >= 0.6 is 0 Å². The van der Waals surface area contributed by atoms with Gasteiger partial charge in [-0.25, -0.2) is 0 Å². The largest absolute Gasteiger partial charge is 0.255 e. The molecule has 0 aliphatic rings. The molecular weight excluding hydrogens is 74.0 g/mol. The molecule has 0 rings (SSSR count). The molecule has 0 unspecified atom stereocenters. The van der Waals surface area contributed by atoms with Crippen LogP contribution in [0.2, 0.25) is 0 Å². The Morgan fingerprint density at radius 1 is 0.800 bits per heavy atom. The molecular formula is C3H10F2. The van der Waals surface area contributed by atoms with Gasteiger partial charge in [0.1, 0.15) is 0 Å². The van der Waals surface area contributed by atoms with Crippen LogP contribution in [-0.2, 0) is 0 Å². The minimum Gasteiger partial charge on any atom is -0.255 e. The Morgan fingerprint density at radius 3 is 0.800 bits per heavy atom. The van der Waals surface area contributed by atoms with Gasteiger partial charge in [0.25, 0.3) is 0 Å². The molecule has 2 heteroatoms. The van der Waals surface area contributed by atoms with Crippen molar-refractivity contribution in [3.8, 4) is 0 Å². The van der Waals surface area contributed by atoms with Crippen molar-refractivity contribution in [1.82, 2.24) is 0 Å². The molecule has 0 atom stereocenters. The van der Waals surface area contributed by atoms with E-state index in [-0.39, 0.29) is 7.43 Å². The first kappa shape index (κ1) is 20.9. The van der Waals surface area contributed by atoms with Gasteiger partial charge < -0.3 is 0 Å². The smallest absolute Gasteiger partial charge is 0.0785 e. The second-order valence-corrected chi connectivity index (χ2v) is 0. The topological polar surface area (TPSA) is 0 Å². The summed E-state index contributed by atoms with van der Waals surface area (Å²) in [5, 5.41) is 0. The van der Waals surface area contributed by atoms with E-state index in [1.165, 1.54) is 0 Å². The first-order valence-electron chi connectivity index (χ1n) is 0.756. The maximum Gasteiger partial charge on any atom is 0.0785 e. The summed E-state index contributed by atoms with van der Waals surface area (Å²) in [6.07, 6.45) is 0. The maximum atomic E-state index is 9.50.